The van der Waals surface area contributed by atoms with Crippen molar-refractivity contribution in [3.63, 3.8) is 0 Å². The minimum atomic E-state index is -3.45. The average Bonchev–Trinajstić information content (AvgIpc) is 2.62. The molecule has 0 heterocycles. The van der Waals surface area contributed by atoms with Gasteiger partial charge < -0.3 is 10.6 Å². The summed E-state index contributed by atoms with van der Waals surface area (Å²) in [6.07, 6.45) is 0. The highest BCUT2D eigenvalue weighted by Gasteiger charge is 2.17. The van der Waals surface area contributed by atoms with Crippen molar-refractivity contribution in [1.82, 2.24) is 5.32 Å². The Labute approximate surface area is 172 Å². The number of amides is 2. The van der Waals surface area contributed by atoms with Gasteiger partial charge >= 0.3 is 0 Å². The number of hydrogen-bond acceptors (Lipinski definition) is 4. The van der Waals surface area contributed by atoms with Crippen molar-refractivity contribution in [2.24, 2.45) is 0 Å². The zero-order chi connectivity index (χ0) is 21.8. The molecule has 7 nitrogen and oxygen atoms in total. The Balaban J connectivity index is 2.16. The van der Waals surface area contributed by atoms with Crippen LogP contribution in [0, 0.1) is 6.92 Å². The maximum Gasteiger partial charge on any atom is 0.255 e. The zero-order valence-corrected chi connectivity index (χ0v) is 18.1. The fourth-order valence-corrected chi connectivity index (χ4v) is 3.22. The molecule has 0 aromatic heterocycles. The molecular weight excluding hydrogens is 390 g/mol. The van der Waals surface area contributed by atoms with Gasteiger partial charge in [-0.15, -0.1) is 0 Å². The van der Waals surface area contributed by atoms with Gasteiger partial charge in [0.2, 0.25) is 10.0 Å². The van der Waals surface area contributed by atoms with Crippen LogP contribution < -0.4 is 15.4 Å². The number of benzene rings is 2. The summed E-state index contributed by atoms with van der Waals surface area (Å²) in [6, 6.07) is 11.3. The van der Waals surface area contributed by atoms with Crippen LogP contribution >= 0.6 is 0 Å². The Morgan fingerprint density at radius 1 is 0.897 bits per heavy atom. The molecule has 0 bridgehead atoms. The maximum absolute atomic E-state index is 12.6. The molecule has 0 saturated heterocycles. The van der Waals surface area contributed by atoms with Gasteiger partial charge in [0.15, 0.2) is 0 Å². The standard InChI is InChI=1S/C21H27N3O4S/c1-13(2)22-21(26)18-7-6-8-19(15(18)5)23-20(25)16-9-11-17(12-10-16)24-29(27,28)14(3)4/h6-14,24H,1-5H3,(H,22,26)(H,23,25). The molecule has 156 valence electrons. The minimum Gasteiger partial charge on any atom is -0.350 e. The lowest BCUT2D eigenvalue weighted by Crippen LogP contribution is -2.30. The van der Waals surface area contributed by atoms with E-state index < -0.39 is 15.3 Å². The first kappa shape index (κ1) is 22.4. The van der Waals surface area contributed by atoms with Crippen molar-refractivity contribution in [1.29, 1.82) is 0 Å². The molecule has 29 heavy (non-hydrogen) atoms. The summed E-state index contributed by atoms with van der Waals surface area (Å²) >= 11 is 0. The van der Waals surface area contributed by atoms with E-state index >= 15 is 0 Å². The molecule has 2 amide bonds. The molecule has 0 radical (unpaired) electrons. The summed E-state index contributed by atoms with van der Waals surface area (Å²) in [4.78, 5) is 24.9. The first-order valence-corrected chi connectivity index (χ1v) is 10.9. The molecule has 2 aromatic rings. The minimum absolute atomic E-state index is 0.00628. The third-order valence-corrected chi connectivity index (χ3v) is 6.04. The average molecular weight is 418 g/mol. The molecule has 0 aliphatic rings. The number of hydrogen-bond donors (Lipinski definition) is 3. The second-order valence-corrected chi connectivity index (χ2v) is 9.57. The first-order chi connectivity index (χ1) is 13.5. The fourth-order valence-electron chi connectivity index (χ4n) is 2.52. The lowest BCUT2D eigenvalue weighted by Gasteiger charge is -2.14. The van der Waals surface area contributed by atoms with Crippen molar-refractivity contribution in [3.05, 3.63) is 59.2 Å². The van der Waals surface area contributed by atoms with Crippen molar-refractivity contribution in [2.75, 3.05) is 10.0 Å². The third kappa shape index (κ3) is 5.80. The highest BCUT2D eigenvalue weighted by atomic mass is 32.2. The Kier molecular flexibility index (Phi) is 7.02. The van der Waals surface area contributed by atoms with E-state index in [1.54, 1.807) is 39.0 Å². The molecular formula is C21H27N3O4S. The normalized spacial score (nSPS) is 11.4. The predicted octanol–water partition coefficient (Wildman–Crippen LogP) is 3.54. The summed E-state index contributed by atoms with van der Waals surface area (Å²) in [5.41, 5.74) is 2.46. The van der Waals surface area contributed by atoms with Crippen molar-refractivity contribution in [3.8, 4) is 0 Å². The van der Waals surface area contributed by atoms with Gasteiger partial charge in [-0.25, -0.2) is 8.42 Å². The number of carbonyl (C=O) groups is 2. The summed E-state index contributed by atoms with van der Waals surface area (Å²) in [5, 5.41) is 5.08. The zero-order valence-electron chi connectivity index (χ0n) is 17.2. The largest absolute Gasteiger partial charge is 0.350 e. The van der Waals surface area contributed by atoms with Gasteiger partial charge in [-0.1, -0.05) is 6.07 Å². The van der Waals surface area contributed by atoms with E-state index in [-0.39, 0.29) is 17.9 Å². The number of carbonyl (C=O) groups excluding carboxylic acids is 2. The van der Waals surface area contributed by atoms with E-state index in [1.807, 2.05) is 13.8 Å². The van der Waals surface area contributed by atoms with Crippen LogP contribution in [-0.2, 0) is 10.0 Å². The topological polar surface area (TPSA) is 104 Å². The number of nitrogens with one attached hydrogen (secondary N) is 3. The lowest BCUT2D eigenvalue weighted by molar-refractivity contribution is 0.0941. The molecule has 0 aliphatic carbocycles. The molecule has 0 saturated carbocycles. The second kappa shape index (κ2) is 9.09. The number of sulfonamides is 1. The summed E-state index contributed by atoms with van der Waals surface area (Å²) in [6.45, 7) is 8.70. The lowest BCUT2D eigenvalue weighted by atomic mass is 10.1. The molecule has 0 aliphatic heterocycles. The molecule has 3 N–H and O–H groups in total. The van der Waals surface area contributed by atoms with Gasteiger partial charge in [0.1, 0.15) is 0 Å². The molecule has 8 heteroatoms. The predicted molar refractivity (Wildman–Crippen MR) is 116 cm³/mol. The van der Waals surface area contributed by atoms with Gasteiger partial charge in [0, 0.05) is 28.5 Å². The van der Waals surface area contributed by atoms with Gasteiger partial charge in [-0.3, -0.25) is 14.3 Å². The molecule has 2 rings (SSSR count). The molecule has 0 fully saturated rings. The Hall–Kier alpha value is -2.87. The smallest absolute Gasteiger partial charge is 0.255 e. The maximum atomic E-state index is 12.6. The van der Waals surface area contributed by atoms with E-state index in [1.165, 1.54) is 24.3 Å². The highest BCUT2D eigenvalue weighted by molar-refractivity contribution is 7.93. The van der Waals surface area contributed by atoms with Crippen molar-refractivity contribution >= 4 is 33.2 Å². The second-order valence-electron chi connectivity index (χ2n) is 7.33. The first-order valence-electron chi connectivity index (χ1n) is 9.34. The van der Waals surface area contributed by atoms with Gasteiger partial charge in [0.05, 0.1) is 5.25 Å². The Bertz CT molecular complexity index is 997. The van der Waals surface area contributed by atoms with Crippen LogP contribution in [0.2, 0.25) is 0 Å². The fraction of sp³-hybridized carbons (Fsp3) is 0.333. The van der Waals surface area contributed by atoms with Crippen LogP contribution in [0.15, 0.2) is 42.5 Å². The number of rotatable bonds is 7. The van der Waals surface area contributed by atoms with Crippen molar-refractivity contribution in [2.45, 2.75) is 45.9 Å². The van der Waals surface area contributed by atoms with E-state index in [0.29, 0.717) is 28.1 Å². The van der Waals surface area contributed by atoms with Crippen LogP contribution in [0.25, 0.3) is 0 Å². The van der Waals surface area contributed by atoms with Crippen LogP contribution in [0.3, 0.4) is 0 Å². The molecule has 2 aromatic carbocycles. The van der Waals surface area contributed by atoms with Gasteiger partial charge in [-0.05, 0) is 76.6 Å². The van der Waals surface area contributed by atoms with Crippen LogP contribution in [0.1, 0.15) is 54.0 Å². The van der Waals surface area contributed by atoms with E-state index in [4.69, 9.17) is 0 Å². The summed E-state index contributed by atoms with van der Waals surface area (Å²) < 4.78 is 26.3. The van der Waals surface area contributed by atoms with Crippen LogP contribution in [0.5, 0.6) is 0 Å². The Morgan fingerprint density at radius 3 is 2.07 bits per heavy atom. The van der Waals surface area contributed by atoms with Gasteiger partial charge in [-0.2, -0.15) is 0 Å². The van der Waals surface area contributed by atoms with Crippen molar-refractivity contribution < 1.29 is 18.0 Å². The quantitative estimate of drug-likeness (QED) is 0.641. The third-order valence-electron chi connectivity index (χ3n) is 4.27. The van der Waals surface area contributed by atoms with Gasteiger partial charge in [0.25, 0.3) is 11.8 Å². The Morgan fingerprint density at radius 2 is 1.52 bits per heavy atom. The van der Waals surface area contributed by atoms with E-state index in [2.05, 4.69) is 15.4 Å². The number of anilines is 2. The summed E-state index contributed by atoms with van der Waals surface area (Å²) in [7, 11) is -3.45. The van der Waals surface area contributed by atoms with E-state index in [0.717, 1.165) is 0 Å². The molecule has 0 atom stereocenters. The SMILES string of the molecule is Cc1c(NC(=O)c2ccc(NS(=O)(=O)C(C)C)cc2)cccc1C(=O)NC(C)C. The molecule has 0 spiro atoms. The molecule has 0 unspecified atom stereocenters. The summed E-state index contributed by atoms with van der Waals surface area (Å²) in [5.74, 6) is -0.553. The van der Waals surface area contributed by atoms with E-state index in [9.17, 15) is 18.0 Å². The van der Waals surface area contributed by atoms with Crippen LogP contribution in [0.4, 0.5) is 11.4 Å². The van der Waals surface area contributed by atoms with Crippen LogP contribution in [-0.4, -0.2) is 31.5 Å². The monoisotopic (exact) mass is 417 g/mol. The highest BCUT2D eigenvalue weighted by Crippen LogP contribution is 2.21.